The number of carbonyl (C=O) groups excluding carboxylic acids is 2. The van der Waals surface area contributed by atoms with Crippen LogP contribution >= 0.6 is 0 Å². The van der Waals surface area contributed by atoms with Crippen molar-refractivity contribution in [2.75, 3.05) is 0 Å². The molecule has 0 radical (unpaired) electrons. The average Bonchev–Trinajstić information content (AvgIpc) is 3.21. The minimum absolute atomic E-state index is 0.150. The molecule has 27 heavy (non-hydrogen) atoms. The second kappa shape index (κ2) is 6.44. The fourth-order valence-electron chi connectivity index (χ4n) is 3.95. The van der Waals surface area contributed by atoms with E-state index in [0.717, 1.165) is 31.4 Å². The lowest BCUT2D eigenvalue weighted by Crippen LogP contribution is -2.34. The highest BCUT2D eigenvalue weighted by atomic mass is 16.5. The first-order valence-corrected chi connectivity index (χ1v) is 9.46. The fraction of sp³-hybridized carbons (Fsp3) is 0.429. The van der Waals surface area contributed by atoms with Gasteiger partial charge in [-0.15, -0.1) is 5.10 Å². The summed E-state index contributed by atoms with van der Waals surface area (Å²) >= 11 is 0. The molecule has 140 valence electrons. The lowest BCUT2D eigenvalue weighted by molar-refractivity contribution is 0.0246. The van der Waals surface area contributed by atoms with Crippen LogP contribution in [-0.4, -0.2) is 32.2 Å². The lowest BCUT2D eigenvalue weighted by atomic mass is 9.83. The van der Waals surface area contributed by atoms with Gasteiger partial charge in [0, 0.05) is 17.3 Å². The molecule has 1 aromatic carbocycles. The number of aromatic nitrogens is 3. The van der Waals surface area contributed by atoms with E-state index < -0.39 is 11.6 Å². The van der Waals surface area contributed by atoms with E-state index in [1.54, 1.807) is 28.9 Å². The van der Waals surface area contributed by atoms with E-state index in [9.17, 15) is 9.59 Å². The van der Waals surface area contributed by atoms with E-state index >= 15 is 0 Å². The third kappa shape index (κ3) is 2.80. The molecule has 2 aromatic rings. The summed E-state index contributed by atoms with van der Waals surface area (Å²) in [5, 5.41) is 8.53. The van der Waals surface area contributed by atoms with Crippen LogP contribution in [0.15, 0.2) is 41.8 Å². The molecule has 6 heteroatoms. The predicted octanol–water partition coefficient (Wildman–Crippen LogP) is 3.69. The van der Waals surface area contributed by atoms with E-state index in [1.807, 2.05) is 20.0 Å². The molecule has 1 atom stereocenters. The summed E-state index contributed by atoms with van der Waals surface area (Å²) in [5.41, 5.74) is 1.33. The number of ether oxygens (including phenoxy) is 1. The van der Waals surface area contributed by atoms with Crippen molar-refractivity contribution >= 4 is 11.6 Å². The highest BCUT2D eigenvalue weighted by molar-refractivity contribution is 6.27. The number of aryl methyl sites for hydroxylation is 1. The Kier molecular flexibility index (Phi) is 4.21. The molecule has 4 rings (SSSR count). The van der Waals surface area contributed by atoms with Gasteiger partial charge < -0.3 is 4.74 Å². The van der Waals surface area contributed by atoms with Gasteiger partial charge in [0.05, 0.1) is 11.3 Å². The molecule has 2 heterocycles. The second-order valence-corrected chi connectivity index (χ2v) is 7.70. The molecule has 1 unspecified atom stereocenters. The van der Waals surface area contributed by atoms with E-state index in [4.69, 9.17) is 4.74 Å². The molecular formula is C21H23N3O3. The molecule has 0 spiro atoms. The van der Waals surface area contributed by atoms with Crippen LogP contribution in [0.1, 0.15) is 72.5 Å². The molecule has 2 aliphatic rings. The molecule has 0 fully saturated rings. The zero-order valence-electron chi connectivity index (χ0n) is 15.9. The molecule has 0 amide bonds. The highest BCUT2D eigenvalue weighted by Crippen LogP contribution is 2.47. The minimum atomic E-state index is -0.771. The van der Waals surface area contributed by atoms with Gasteiger partial charge in [-0.3, -0.25) is 9.59 Å². The zero-order valence-corrected chi connectivity index (χ0v) is 15.9. The summed E-state index contributed by atoms with van der Waals surface area (Å²) in [4.78, 5) is 26.1. The maximum Gasteiger partial charge on any atom is 0.228 e. The largest absolute Gasteiger partial charge is 0.481 e. The first kappa shape index (κ1) is 17.6. The summed E-state index contributed by atoms with van der Waals surface area (Å²) < 4.78 is 7.67. The van der Waals surface area contributed by atoms with Crippen molar-refractivity contribution < 1.29 is 14.3 Å². The van der Waals surface area contributed by atoms with Gasteiger partial charge in [-0.25, -0.2) is 4.68 Å². The predicted molar refractivity (Wildman–Crippen MR) is 99.6 cm³/mol. The summed E-state index contributed by atoms with van der Waals surface area (Å²) in [7, 11) is 0. The van der Waals surface area contributed by atoms with Crippen molar-refractivity contribution in [2.45, 2.75) is 58.1 Å². The number of benzene rings is 1. The number of hydrogen-bond acceptors (Lipinski definition) is 5. The van der Waals surface area contributed by atoms with Crippen molar-refractivity contribution in [1.82, 2.24) is 15.0 Å². The van der Waals surface area contributed by atoms with Crippen LogP contribution < -0.4 is 0 Å². The third-order valence-electron chi connectivity index (χ3n) is 5.27. The van der Waals surface area contributed by atoms with Crippen LogP contribution in [0.5, 0.6) is 0 Å². The number of rotatable bonds is 5. The first-order valence-electron chi connectivity index (χ1n) is 9.46. The molecule has 6 nitrogen and oxygen atoms in total. The Morgan fingerprint density at radius 3 is 2.52 bits per heavy atom. The Bertz CT molecular complexity index is 955. The number of carbonyl (C=O) groups is 2. The van der Waals surface area contributed by atoms with Crippen LogP contribution in [0.3, 0.4) is 0 Å². The van der Waals surface area contributed by atoms with Gasteiger partial charge in [-0.2, -0.15) is 0 Å². The van der Waals surface area contributed by atoms with Gasteiger partial charge in [0.15, 0.2) is 11.5 Å². The van der Waals surface area contributed by atoms with Crippen LogP contribution in [0.25, 0.3) is 0 Å². The van der Waals surface area contributed by atoms with Gasteiger partial charge in [-0.1, -0.05) is 49.2 Å². The Balaban J connectivity index is 1.73. The quantitative estimate of drug-likeness (QED) is 0.756. The van der Waals surface area contributed by atoms with E-state index in [2.05, 4.69) is 17.2 Å². The van der Waals surface area contributed by atoms with Gasteiger partial charge in [0.25, 0.3) is 0 Å². The number of allylic oxidation sites excluding steroid dienone is 1. The van der Waals surface area contributed by atoms with E-state index in [-0.39, 0.29) is 17.3 Å². The number of ketones is 2. The lowest BCUT2D eigenvalue weighted by Gasteiger charge is -2.27. The highest BCUT2D eigenvalue weighted by Gasteiger charge is 2.52. The monoisotopic (exact) mass is 365 g/mol. The maximum atomic E-state index is 13.2. The number of fused-ring (bicyclic) bond motifs is 1. The Hall–Kier alpha value is -2.76. The minimum Gasteiger partial charge on any atom is -0.481 e. The van der Waals surface area contributed by atoms with Gasteiger partial charge in [0.1, 0.15) is 11.6 Å². The smallest absolute Gasteiger partial charge is 0.228 e. The molecule has 1 aliphatic heterocycles. The maximum absolute atomic E-state index is 13.2. The zero-order chi connectivity index (χ0) is 19.2. The topological polar surface area (TPSA) is 74.1 Å². The number of Topliss-reactive ketones (excluding diaryl/α,β-unsaturated/α-hetero) is 2. The molecule has 1 aliphatic carbocycles. The van der Waals surface area contributed by atoms with Crippen molar-refractivity contribution in [2.24, 2.45) is 0 Å². The Morgan fingerprint density at radius 2 is 1.81 bits per heavy atom. The fourth-order valence-corrected chi connectivity index (χ4v) is 3.95. The van der Waals surface area contributed by atoms with Crippen molar-refractivity contribution in [3.05, 3.63) is 58.6 Å². The Morgan fingerprint density at radius 1 is 1.11 bits per heavy atom. The first-order chi connectivity index (χ1) is 12.9. The Labute approximate surface area is 158 Å². The van der Waals surface area contributed by atoms with Crippen LogP contribution in [0.4, 0.5) is 0 Å². The van der Waals surface area contributed by atoms with Crippen LogP contribution in [-0.2, 0) is 11.2 Å². The van der Waals surface area contributed by atoms with Crippen molar-refractivity contribution in [3.8, 4) is 0 Å². The van der Waals surface area contributed by atoms with Crippen molar-refractivity contribution in [1.29, 1.82) is 0 Å². The average molecular weight is 365 g/mol. The normalized spacial score (nSPS) is 20.5. The molecular weight excluding hydrogens is 342 g/mol. The van der Waals surface area contributed by atoms with E-state index in [1.165, 1.54) is 0 Å². The van der Waals surface area contributed by atoms with E-state index in [0.29, 0.717) is 16.7 Å². The number of unbranched alkanes of at least 4 members (excludes halogenated alkanes) is 2. The molecule has 0 bridgehead atoms. The summed E-state index contributed by atoms with van der Waals surface area (Å²) in [6, 6.07) is 6.41. The van der Waals surface area contributed by atoms with Crippen LogP contribution in [0.2, 0.25) is 0 Å². The molecule has 0 saturated heterocycles. The van der Waals surface area contributed by atoms with Crippen LogP contribution in [0, 0.1) is 0 Å². The SMILES string of the molecule is CCCCCc1cn(C2C3=C(OC2(C)C)C(=O)c2ccccc2C3=O)nn1. The number of nitrogens with zero attached hydrogens (tertiary/aromatic N) is 3. The summed E-state index contributed by atoms with van der Waals surface area (Å²) in [5.74, 6) is -0.255. The number of hydrogen-bond donors (Lipinski definition) is 0. The third-order valence-corrected chi connectivity index (χ3v) is 5.27. The second-order valence-electron chi connectivity index (χ2n) is 7.70. The van der Waals surface area contributed by atoms with Gasteiger partial charge >= 0.3 is 0 Å². The standard InChI is InChI=1S/C21H23N3O3/c1-4-5-6-9-13-12-24(23-22-13)20-16-17(25)14-10-7-8-11-15(14)18(26)19(16)27-21(20,2)3/h7-8,10-12,20H,4-6,9H2,1-3H3. The summed E-state index contributed by atoms with van der Waals surface area (Å²) in [6.07, 6.45) is 6.06. The van der Waals surface area contributed by atoms with Gasteiger partial charge in [0.2, 0.25) is 5.78 Å². The molecule has 0 saturated carbocycles. The molecule has 0 N–H and O–H groups in total. The summed E-state index contributed by atoms with van der Waals surface area (Å²) in [6.45, 7) is 5.91. The van der Waals surface area contributed by atoms with Gasteiger partial charge in [-0.05, 0) is 26.7 Å². The van der Waals surface area contributed by atoms with Crippen molar-refractivity contribution in [3.63, 3.8) is 0 Å². The molecule has 1 aromatic heterocycles.